The second-order valence-corrected chi connectivity index (χ2v) is 4.30. The van der Waals surface area contributed by atoms with Crippen LogP contribution in [0.5, 0.6) is 5.75 Å². The maximum Gasteiger partial charge on any atom is 0.118 e. The number of methoxy groups -OCH3 is 2. The zero-order valence-corrected chi connectivity index (χ0v) is 12.1. The predicted molar refractivity (Wildman–Crippen MR) is 76.7 cm³/mol. The Hall–Kier alpha value is -1.10. The molecule has 4 nitrogen and oxygen atoms in total. The van der Waals surface area contributed by atoms with Crippen LogP contribution in [-0.2, 0) is 9.47 Å². The summed E-state index contributed by atoms with van der Waals surface area (Å²) in [5.41, 5.74) is 1.22. The average Bonchev–Trinajstić information content (AvgIpc) is 2.46. The van der Waals surface area contributed by atoms with E-state index >= 15 is 0 Å². The highest BCUT2D eigenvalue weighted by Crippen LogP contribution is 2.18. The van der Waals surface area contributed by atoms with Gasteiger partial charge < -0.3 is 19.5 Å². The Morgan fingerprint density at radius 2 is 1.84 bits per heavy atom. The van der Waals surface area contributed by atoms with Gasteiger partial charge in [-0.15, -0.1) is 0 Å². The molecule has 4 heteroatoms. The van der Waals surface area contributed by atoms with Crippen LogP contribution in [0.15, 0.2) is 24.3 Å². The smallest absolute Gasteiger partial charge is 0.118 e. The molecule has 0 saturated heterocycles. The van der Waals surface area contributed by atoms with Gasteiger partial charge in [0.15, 0.2) is 0 Å². The van der Waals surface area contributed by atoms with Crippen molar-refractivity contribution in [1.82, 2.24) is 5.32 Å². The van der Waals surface area contributed by atoms with Crippen LogP contribution in [0.25, 0.3) is 0 Å². The first-order chi connectivity index (χ1) is 9.31. The molecule has 0 aliphatic rings. The molecule has 1 rings (SSSR count). The Morgan fingerprint density at radius 3 is 2.42 bits per heavy atom. The second-order valence-electron chi connectivity index (χ2n) is 4.30. The Morgan fingerprint density at radius 1 is 1.11 bits per heavy atom. The summed E-state index contributed by atoms with van der Waals surface area (Å²) in [4.78, 5) is 0. The van der Waals surface area contributed by atoms with E-state index < -0.39 is 0 Å². The normalized spacial score (nSPS) is 12.4. The van der Waals surface area contributed by atoms with E-state index in [1.165, 1.54) is 5.56 Å². The van der Waals surface area contributed by atoms with Crippen molar-refractivity contribution in [3.8, 4) is 5.75 Å². The molecular formula is C15H25NO3. The van der Waals surface area contributed by atoms with Crippen molar-refractivity contribution in [2.24, 2.45) is 0 Å². The molecular weight excluding hydrogens is 242 g/mol. The number of nitrogens with one attached hydrogen (secondary N) is 1. The first kappa shape index (κ1) is 16.0. The SMILES string of the molecule is CCNC(COCCCOC)c1ccc(OC)cc1. The van der Waals surface area contributed by atoms with Crippen LogP contribution >= 0.6 is 0 Å². The third kappa shape index (κ3) is 6.05. The fraction of sp³-hybridized carbons (Fsp3) is 0.600. The summed E-state index contributed by atoms with van der Waals surface area (Å²) in [5, 5.41) is 3.43. The predicted octanol–water partition coefficient (Wildman–Crippen LogP) is 2.40. The Labute approximate surface area is 116 Å². The minimum Gasteiger partial charge on any atom is -0.497 e. The van der Waals surface area contributed by atoms with Crippen molar-refractivity contribution in [2.45, 2.75) is 19.4 Å². The van der Waals surface area contributed by atoms with Crippen molar-refractivity contribution in [1.29, 1.82) is 0 Å². The van der Waals surface area contributed by atoms with Crippen LogP contribution < -0.4 is 10.1 Å². The van der Waals surface area contributed by atoms with Gasteiger partial charge in [0.2, 0.25) is 0 Å². The van der Waals surface area contributed by atoms with E-state index in [4.69, 9.17) is 14.2 Å². The monoisotopic (exact) mass is 267 g/mol. The molecule has 0 aromatic heterocycles. The van der Waals surface area contributed by atoms with Crippen LogP contribution in [0.4, 0.5) is 0 Å². The van der Waals surface area contributed by atoms with Gasteiger partial charge in [0, 0.05) is 20.3 Å². The van der Waals surface area contributed by atoms with Gasteiger partial charge in [0.25, 0.3) is 0 Å². The molecule has 0 radical (unpaired) electrons. The molecule has 0 bridgehead atoms. The van der Waals surface area contributed by atoms with Crippen LogP contribution in [0.3, 0.4) is 0 Å². The van der Waals surface area contributed by atoms with Gasteiger partial charge in [-0.25, -0.2) is 0 Å². The van der Waals surface area contributed by atoms with E-state index in [9.17, 15) is 0 Å². The fourth-order valence-electron chi connectivity index (χ4n) is 1.86. The molecule has 1 aromatic carbocycles. The van der Waals surface area contributed by atoms with Crippen molar-refractivity contribution in [2.75, 3.05) is 40.6 Å². The van der Waals surface area contributed by atoms with Gasteiger partial charge >= 0.3 is 0 Å². The average molecular weight is 267 g/mol. The lowest BCUT2D eigenvalue weighted by Crippen LogP contribution is -2.25. The van der Waals surface area contributed by atoms with Crippen LogP contribution in [-0.4, -0.2) is 40.6 Å². The highest BCUT2D eigenvalue weighted by Gasteiger charge is 2.10. The Bertz CT molecular complexity index is 327. The third-order valence-corrected chi connectivity index (χ3v) is 2.89. The molecule has 0 spiro atoms. The minimum atomic E-state index is 0.221. The lowest BCUT2D eigenvalue weighted by molar-refractivity contribution is 0.0878. The number of likely N-dealkylation sites (N-methyl/N-ethyl adjacent to an activating group) is 1. The molecule has 108 valence electrons. The largest absolute Gasteiger partial charge is 0.497 e. The van der Waals surface area contributed by atoms with Gasteiger partial charge in [-0.3, -0.25) is 0 Å². The first-order valence-electron chi connectivity index (χ1n) is 6.75. The molecule has 1 aromatic rings. The van der Waals surface area contributed by atoms with Gasteiger partial charge in [-0.05, 0) is 30.7 Å². The molecule has 0 fully saturated rings. The first-order valence-corrected chi connectivity index (χ1v) is 6.75. The van der Waals surface area contributed by atoms with E-state index in [1.54, 1.807) is 14.2 Å². The topological polar surface area (TPSA) is 39.7 Å². The van der Waals surface area contributed by atoms with Gasteiger partial charge in [-0.1, -0.05) is 19.1 Å². The zero-order valence-electron chi connectivity index (χ0n) is 12.1. The fourth-order valence-corrected chi connectivity index (χ4v) is 1.86. The maximum absolute atomic E-state index is 5.69. The quantitative estimate of drug-likeness (QED) is 0.661. The highest BCUT2D eigenvalue weighted by atomic mass is 16.5. The molecule has 0 amide bonds. The number of benzene rings is 1. The lowest BCUT2D eigenvalue weighted by atomic mass is 10.1. The second kappa shape index (κ2) is 9.78. The highest BCUT2D eigenvalue weighted by molar-refractivity contribution is 5.29. The van der Waals surface area contributed by atoms with Crippen molar-refractivity contribution in [3.05, 3.63) is 29.8 Å². The molecule has 0 saturated carbocycles. The summed E-state index contributed by atoms with van der Waals surface area (Å²) in [6.45, 7) is 5.16. The van der Waals surface area contributed by atoms with E-state index in [0.29, 0.717) is 6.61 Å². The summed E-state index contributed by atoms with van der Waals surface area (Å²) >= 11 is 0. The summed E-state index contributed by atoms with van der Waals surface area (Å²) in [6.07, 6.45) is 0.929. The zero-order chi connectivity index (χ0) is 13.9. The molecule has 0 aliphatic heterocycles. The molecule has 1 atom stereocenters. The molecule has 19 heavy (non-hydrogen) atoms. The molecule has 1 unspecified atom stereocenters. The van der Waals surface area contributed by atoms with Gasteiger partial charge in [0.1, 0.15) is 5.75 Å². The summed E-state index contributed by atoms with van der Waals surface area (Å²) < 4.78 is 15.9. The summed E-state index contributed by atoms with van der Waals surface area (Å²) in [6, 6.07) is 8.32. The van der Waals surface area contributed by atoms with E-state index in [2.05, 4.69) is 24.4 Å². The van der Waals surface area contributed by atoms with E-state index in [1.807, 2.05) is 12.1 Å². The number of hydrogen-bond acceptors (Lipinski definition) is 4. The Balaban J connectivity index is 2.45. The number of rotatable bonds is 10. The molecule has 0 aliphatic carbocycles. The van der Waals surface area contributed by atoms with Crippen molar-refractivity contribution >= 4 is 0 Å². The summed E-state index contributed by atoms with van der Waals surface area (Å²) in [7, 11) is 3.38. The standard InChI is InChI=1S/C15H25NO3/c1-4-16-15(12-19-11-5-10-17-2)13-6-8-14(18-3)9-7-13/h6-9,15-16H,4-5,10-12H2,1-3H3. The van der Waals surface area contributed by atoms with E-state index in [-0.39, 0.29) is 6.04 Å². The van der Waals surface area contributed by atoms with Crippen LogP contribution in [0.1, 0.15) is 24.9 Å². The van der Waals surface area contributed by atoms with E-state index in [0.717, 1.165) is 31.9 Å². The Kier molecular flexibility index (Phi) is 8.21. The molecule has 1 N–H and O–H groups in total. The van der Waals surface area contributed by atoms with Crippen molar-refractivity contribution in [3.63, 3.8) is 0 Å². The van der Waals surface area contributed by atoms with Gasteiger partial charge in [-0.2, -0.15) is 0 Å². The van der Waals surface area contributed by atoms with Crippen molar-refractivity contribution < 1.29 is 14.2 Å². The third-order valence-electron chi connectivity index (χ3n) is 2.89. The number of hydrogen-bond donors (Lipinski definition) is 1. The number of ether oxygens (including phenoxy) is 3. The maximum atomic E-state index is 5.69. The van der Waals surface area contributed by atoms with Crippen LogP contribution in [0.2, 0.25) is 0 Å². The lowest BCUT2D eigenvalue weighted by Gasteiger charge is -2.18. The van der Waals surface area contributed by atoms with Crippen LogP contribution in [0, 0.1) is 0 Å². The summed E-state index contributed by atoms with van der Waals surface area (Å²) in [5.74, 6) is 0.875. The minimum absolute atomic E-state index is 0.221. The molecule has 0 heterocycles. The van der Waals surface area contributed by atoms with Gasteiger partial charge in [0.05, 0.1) is 19.8 Å².